The summed E-state index contributed by atoms with van der Waals surface area (Å²) in [5.41, 5.74) is 5.60. The van der Waals surface area contributed by atoms with E-state index in [4.69, 9.17) is 17.3 Å². The minimum Gasteiger partial charge on any atom is -0.329 e. The Labute approximate surface area is 127 Å². The molecule has 4 nitrogen and oxygen atoms in total. The van der Waals surface area contributed by atoms with Gasteiger partial charge in [-0.25, -0.2) is 13.1 Å². The molecule has 0 aliphatic carbocycles. The molecule has 0 aromatic heterocycles. The molecule has 0 amide bonds. The Morgan fingerprint density at radius 3 is 2.68 bits per heavy atom. The molecule has 0 saturated carbocycles. The van der Waals surface area contributed by atoms with Crippen LogP contribution in [0.5, 0.6) is 0 Å². The number of nitrogens with two attached hydrogens (primary N) is 1. The Morgan fingerprint density at radius 1 is 1.47 bits per heavy atom. The molecule has 1 rings (SSSR count). The Kier molecular flexibility index (Phi) is 6.76. The van der Waals surface area contributed by atoms with Crippen molar-refractivity contribution in [3.63, 3.8) is 0 Å². The molecule has 108 valence electrons. The zero-order valence-electron chi connectivity index (χ0n) is 10.7. The van der Waals surface area contributed by atoms with Gasteiger partial charge < -0.3 is 5.73 Å². The van der Waals surface area contributed by atoms with E-state index in [0.717, 1.165) is 19.3 Å². The highest BCUT2D eigenvalue weighted by molar-refractivity contribution is 9.10. The summed E-state index contributed by atoms with van der Waals surface area (Å²) in [5.74, 6) is 0. The van der Waals surface area contributed by atoms with Gasteiger partial charge in [0.2, 0.25) is 10.0 Å². The Balaban J connectivity index is 2.90. The molecule has 7 heteroatoms. The largest absolute Gasteiger partial charge is 0.329 e. The molecular formula is C12H18BrClN2O2S. The molecule has 1 aromatic carbocycles. The minimum absolute atomic E-state index is 0.173. The van der Waals surface area contributed by atoms with Crippen molar-refractivity contribution in [2.24, 2.45) is 5.73 Å². The summed E-state index contributed by atoms with van der Waals surface area (Å²) in [6, 6.07) is 4.33. The van der Waals surface area contributed by atoms with Crippen molar-refractivity contribution in [1.29, 1.82) is 0 Å². The van der Waals surface area contributed by atoms with Crippen molar-refractivity contribution < 1.29 is 8.42 Å². The van der Waals surface area contributed by atoms with Crippen molar-refractivity contribution in [3.05, 3.63) is 27.7 Å². The van der Waals surface area contributed by atoms with Crippen molar-refractivity contribution in [2.45, 2.75) is 37.1 Å². The highest BCUT2D eigenvalue weighted by Crippen LogP contribution is 2.25. The van der Waals surface area contributed by atoms with E-state index in [1.807, 2.05) is 0 Å². The van der Waals surface area contributed by atoms with E-state index >= 15 is 0 Å². The number of halogens is 2. The maximum atomic E-state index is 12.3. The smallest absolute Gasteiger partial charge is 0.241 e. The van der Waals surface area contributed by atoms with Gasteiger partial charge in [0.1, 0.15) is 0 Å². The molecular weight excluding hydrogens is 352 g/mol. The molecule has 0 spiro atoms. The van der Waals surface area contributed by atoms with E-state index in [2.05, 4.69) is 27.6 Å². The monoisotopic (exact) mass is 368 g/mol. The molecule has 19 heavy (non-hydrogen) atoms. The van der Waals surface area contributed by atoms with Crippen LogP contribution in [0, 0.1) is 0 Å². The predicted octanol–water partition coefficient (Wildman–Crippen LogP) is 2.90. The predicted molar refractivity (Wildman–Crippen MR) is 81.8 cm³/mol. The third-order valence-electron chi connectivity index (χ3n) is 2.70. The number of rotatable bonds is 7. The van der Waals surface area contributed by atoms with E-state index in [-0.39, 0.29) is 17.5 Å². The average Bonchev–Trinajstić information content (AvgIpc) is 2.33. The molecule has 0 bridgehead atoms. The molecule has 0 aliphatic heterocycles. The maximum absolute atomic E-state index is 12.3. The summed E-state index contributed by atoms with van der Waals surface area (Å²) < 4.78 is 27.6. The molecule has 0 saturated heterocycles. The van der Waals surface area contributed by atoms with Gasteiger partial charge in [-0.15, -0.1) is 0 Å². The highest BCUT2D eigenvalue weighted by atomic mass is 79.9. The lowest BCUT2D eigenvalue weighted by molar-refractivity contribution is 0.516. The van der Waals surface area contributed by atoms with E-state index in [1.165, 1.54) is 6.07 Å². The topological polar surface area (TPSA) is 72.2 Å². The van der Waals surface area contributed by atoms with Crippen LogP contribution in [-0.2, 0) is 10.0 Å². The second-order valence-electron chi connectivity index (χ2n) is 4.27. The van der Waals surface area contributed by atoms with Gasteiger partial charge in [-0.2, -0.15) is 0 Å². The van der Waals surface area contributed by atoms with Crippen LogP contribution in [0.25, 0.3) is 0 Å². The summed E-state index contributed by atoms with van der Waals surface area (Å²) in [6.45, 7) is 2.34. The van der Waals surface area contributed by atoms with Gasteiger partial charge in [0.05, 0.1) is 4.90 Å². The maximum Gasteiger partial charge on any atom is 0.241 e. The van der Waals surface area contributed by atoms with Crippen molar-refractivity contribution >= 4 is 37.6 Å². The molecule has 0 aliphatic rings. The van der Waals surface area contributed by atoms with Gasteiger partial charge in [-0.05, 0) is 40.5 Å². The second kappa shape index (κ2) is 7.59. The quantitative estimate of drug-likeness (QED) is 0.776. The zero-order chi connectivity index (χ0) is 14.5. The first-order valence-corrected chi connectivity index (χ1v) is 8.73. The fourth-order valence-corrected chi connectivity index (χ4v) is 4.32. The first-order valence-electron chi connectivity index (χ1n) is 6.08. The minimum atomic E-state index is -3.58. The molecule has 1 aromatic rings. The number of unbranched alkanes of at least 4 members (excludes halogenated alkanes) is 1. The van der Waals surface area contributed by atoms with Crippen LogP contribution in [0.4, 0.5) is 0 Å². The van der Waals surface area contributed by atoms with Crippen LogP contribution in [0.1, 0.15) is 26.2 Å². The zero-order valence-corrected chi connectivity index (χ0v) is 13.9. The molecule has 1 atom stereocenters. The van der Waals surface area contributed by atoms with E-state index < -0.39 is 10.0 Å². The van der Waals surface area contributed by atoms with E-state index in [9.17, 15) is 8.42 Å². The Bertz CT molecular complexity index is 522. The Hall–Kier alpha value is -0.140. The molecule has 0 fully saturated rings. The average molecular weight is 370 g/mol. The van der Waals surface area contributed by atoms with Gasteiger partial charge in [-0.1, -0.05) is 31.4 Å². The summed E-state index contributed by atoms with van der Waals surface area (Å²) in [7, 11) is -3.58. The molecule has 0 radical (unpaired) electrons. The van der Waals surface area contributed by atoms with Crippen LogP contribution in [0.3, 0.4) is 0 Å². The Morgan fingerprint density at radius 2 is 2.16 bits per heavy atom. The SMILES string of the molecule is CCCCC(CN)NS(=O)(=O)c1ccc(Cl)cc1Br. The lowest BCUT2D eigenvalue weighted by atomic mass is 10.1. The third-order valence-corrected chi connectivity index (χ3v) is 5.43. The summed E-state index contributed by atoms with van der Waals surface area (Å²) in [5, 5.41) is 0.479. The number of sulfonamides is 1. The molecule has 0 heterocycles. The van der Waals surface area contributed by atoms with Crippen LogP contribution < -0.4 is 10.5 Å². The number of nitrogens with one attached hydrogen (secondary N) is 1. The lowest BCUT2D eigenvalue weighted by Crippen LogP contribution is -2.40. The summed E-state index contributed by atoms with van der Waals surface area (Å²) in [4.78, 5) is 0.173. The number of hydrogen-bond donors (Lipinski definition) is 2. The number of hydrogen-bond acceptors (Lipinski definition) is 3. The van der Waals surface area contributed by atoms with E-state index in [0.29, 0.717) is 9.50 Å². The van der Waals surface area contributed by atoms with Gasteiger partial charge in [0.15, 0.2) is 0 Å². The lowest BCUT2D eigenvalue weighted by Gasteiger charge is -2.17. The van der Waals surface area contributed by atoms with Crippen molar-refractivity contribution in [2.75, 3.05) is 6.54 Å². The van der Waals surface area contributed by atoms with E-state index in [1.54, 1.807) is 12.1 Å². The number of benzene rings is 1. The molecule has 3 N–H and O–H groups in total. The first kappa shape index (κ1) is 16.9. The highest BCUT2D eigenvalue weighted by Gasteiger charge is 2.21. The van der Waals surface area contributed by atoms with Gasteiger partial charge in [-0.3, -0.25) is 0 Å². The van der Waals surface area contributed by atoms with Crippen LogP contribution in [-0.4, -0.2) is 21.0 Å². The van der Waals surface area contributed by atoms with Gasteiger partial charge >= 0.3 is 0 Å². The fraction of sp³-hybridized carbons (Fsp3) is 0.500. The van der Waals surface area contributed by atoms with Crippen LogP contribution in [0.15, 0.2) is 27.6 Å². The summed E-state index contributed by atoms with van der Waals surface area (Å²) >= 11 is 9.02. The van der Waals surface area contributed by atoms with Crippen LogP contribution in [0.2, 0.25) is 5.02 Å². The third kappa shape index (κ3) is 5.04. The van der Waals surface area contributed by atoms with Crippen molar-refractivity contribution in [3.8, 4) is 0 Å². The standard InChI is InChI=1S/C12H18BrClN2O2S/c1-2-3-4-10(8-15)16-19(17,18)12-6-5-9(14)7-11(12)13/h5-7,10,16H,2-4,8,15H2,1H3. The fourth-order valence-electron chi connectivity index (χ4n) is 1.65. The van der Waals surface area contributed by atoms with Gasteiger partial charge in [0.25, 0.3) is 0 Å². The second-order valence-corrected chi connectivity index (χ2v) is 7.24. The van der Waals surface area contributed by atoms with Crippen molar-refractivity contribution in [1.82, 2.24) is 4.72 Å². The normalized spacial score (nSPS) is 13.5. The molecule has 1 unspecified atom stereocenters. The van der Waals surface area contributed by atoms with Gasteiger partial charge in [0, 0.05) is 22.1 Å². The first-order chi connectivity index (χ1) is 8.90. The van der Waals surface area contributed by atoms with Crippen LogP contribution >= 0.6 is 27.5 Å². The summed E-state index contributed by atoms with van der Waals surface area (Å²) in [6.07, 6.45) is 2.67.